The van der Waals surface area contributed by atoms with Gasteiger partial charge in [-0.15, -0.1) is 0 Å². The standard InChI is InChI=1S/C20H19N3O/c1-14-15(2)24-20(17-10-6-4-7-11-17,18-12-8-5-9-13-18)23-19(14)21-16(3)22-23/h4-13H,1-3H3. The van der Waals surface area contributed by atoms with Crippen LogP contribution in [0.4, 0.5) is 0 Å². The summed E-state index contributed by atoms with van der Waals surface area (Å²) in [6.07, 6.45) is 0. The molecule has 0 atom stereocenters. The molecular formula is C20H19N3O. The molecule has 1 aromatic heterocycles. The fourth-order valence-electron chi connectivity index (χ4n) is 3.23. The number of hydrogen-bond acceptors (Lipinski definition) is 3. The highest BCUT2D eigenvalue weighted by atomic mass is 16.5. The van der Waals surface area contributed by atoms with Crippen LogP contribution in [-0.2, 0) is 10.5 Å². The summed E-state index contributed by atoms with van der Waals surface area (Å²) in [5.41, 5.74) is 2.21. The molecule has 0 N–H and O–H groups in total. The fourth-order valence-corrected chi connectivity index (χ4v) is 3.23. The van der Waals surface area contributed by atoms with Crippen molar-refractivity contribution in [3.63, 3.8) is 0 Å². The van der Waals surface area contributed by atoms with E-state index in [0.717, 1.165) is 34.1 Å². The number of aromatic nitrogens is 3. The average molecular weight is 317 g/mol. The van der Waals surface area contributed by atoms with Crippen LogP contribution in [0.3, 0.4) is 0 Å². The first kappa shape index (κ1) is 14.7. The van der Waals surface area contributed by atoms with E-state index in [1.165, 1.54) is 0 Å². The van der Waals surface area contributed by atoms with Crippen LogP contribution in [0.2, 0.25) is 0 Å². The van der Waals surface area contributed by atoms with Crippen LogP contribution in [0.5, 0.6) is 0 Å². The third-order valence-electron chi connectivity index (χ3n) is 4.51. The second-order valence-electron chi connectivity index (χ2n) is 6.05. The molecule has 0 saturated carbocycles. The normalized spacial score (nSPS) is 15.8. The van der Waals surface area contributed by atoms with Gasteiger partial charge in [-0.25, -0.2) is 4.98 Å². The molecule has 0 unspecified atom stereocenters. The van der Waals surface area contributed by atoms with Gasteiger partial charge in [0.05, 0.1) is 0 Å². The number of fused-ring (bicyclic) bond motifs is 1. The van der Waals surface area contributed by atoms with Crippen molar-refractivity contribution in [3.8, 4) is 0 Å². The van der Waals surface area contributed by atoms with E-state index in [0.29, 0.717) is 0 Å². The Morgan fingerprint density at radius 2 is 1.38 bits per heavy atom. The Balaban J connectivity index is 2.09. The van der Waals surface area contributed by atoms with Crippen molar-refractivity contribution in [3.05, 3.63) is 89.2 Å². The summed E-state index contributed by atoms with van der Waals surface area (Å²) in [7, 11) is 0. The van der Waals surface area contributed by atoms with Crippen LogP contribution >= 0.6 is 0 Å². The summed E-state index contributed by atoms with van der Waals surface area (Å²) in [5, 5.41) is 4.69. The van der Waals surface area contributed by atoms with Gasteiger partial charge in [0.2, 0.25) is 0 Å². The monoisotopic (exact) mass is 317 g/mol. The van der Waals surface area contributed by atoms with Crippen molar-refractivity contribution in [1.29, 1.82) is 0 Å². The zero-order valence-corrected chi connectivity index (χ0v) is 14.0. The van der Waals surface area contributed by atoms with E-state index in [9.17, 15) is 0 Å². The summed E-state index contributed by atoms with van der Waals surface area (Å²) < 4.78 is 8.45. The van der Waals surface area contributed by atoms with Crippen molar-refractivity contribution in [2.75, 3.05) is 0 Å². The maximum Gasteiger partial charge on any atom is 0.255 e. The zero-order chi connectivity index (χ0) is 16.7. The zero-order valence-electron chi connectivity index (χ0n) is 14.0. The predicted molar refractivity (Wildman–Crippen MR) is 93.2 cm³/mol. The Morgan fingerprint density at radius 3 is 1.92 bits per heavy atom. The van der Waals surface area contributed by atoms with E-state index in [1.807, 2.05) is 61.9 Å². The maximum atomic E-state index is 6.54. The number of hydrogen-bond donors (Lipinski definition) is 0. The Bertz CT molecular complexity index is 871. The Morgan fingerprint density at radius 1 is 0.833 bits per heavy atom. The molecule has 0 bridgehead atoms. The maximum absolute atomic E-state index is 6.54. The van der Waals surface area contributed by atoms with Gasteiger partial charge >= 0.3 is 0 Å². The molecule has 4 heteroatoms. The first-order chi connectivity index (χ1) is 11.6. The lowest BCUT2D eigenvalue weighted by Crippen LogP contribution is -2.43. The van der Waals surface area contributed by atoms with Gasteiger partial charge < -0.3 is 4.74 Å². The number of nitrogens with zero attached hydrogens (tertiary/aromatic N) is 3. The lowest BCUT2D eigenvalue weighted by molar-refractivity contribution is -0.00944. The molecule has 120 valence electrons. The van der Waals surface area contributed by atoms with Crippen LogP contribution in [0.1, 0.15) is 36.6 Å². The summed E-state index contributed by atoms with van der Waals surface area (Å²) in [4.78, 5) is 4.64. The minimum atomic E-state index is -0.845. The second-order valence-corrected chi connectivity index (χ2v) is 6.05. The predicted octanol–water partition coefficient (Wildman–Crippen LogP) is 4.12. The minimum absolute atomic E-state index is 0.735. The SMILES string of the molecule is CC1=C(C)c2nc(C)nn2C(c2ccccc2)(c2ccccc2)O1. The second kappa shape index (κ2) is 5.34. The first-order valence-corrected chi connectivity index (χ1v) is 8.05. The van der Waals surface area contributed by atoms with Gasteiger partial charge in [0, 0.05) is 16.7 Å². The molecule has 4 rings (SSSR count). The molecule has 24 heavy (non-hydrogen) atoms. The highest BCUT2D eigenvalue weighted by Crippen LogP contribution is 2.42. The summed E-state index contributed by atoms with van der Waals surface area (Å²) in [6, 6.07) is 20.4. The highest BCUT2D eigenvalue weighted by Gasteiger charge is 2.45. The van der Waals surface area contributed by atoms with Gasteiger partial charge in [0.15, 0.2) is 5.82 Å². The molecule has 3 aromatic rings. The molecule has 0 spiro atoms. The Labute approximate surface area is 141 Å². The van der Waals surface area contributed by atoms with E-state index in [1.54, 1.807) is 0 Å². The Hall–Kier alpha value is -2.88. The van der Waals surface area contributed by atoms with Crippen LogP contribution in [0.25, 0.3) is 5.57 Å². The molecule has 0 radical (unpaired) electrons. The summed E-state index contributed by atoms with van der Waals surface area (Å²) in [6.45, 7) is 5.92. The van der Waals surface area contributed by atoms with Crippen LogP contribution < -0.4 is 0 Å². The fraction of sp³-hybridized carbons (Fsp3) is 0.200. The first-order valence-electron chi connectivity index (χ1n) is 8.05. The van der Waals surface area contributed by atoms with E-state index >= 15 is 0 Å². The minimum Gasteiger partial charge on any atom is -0.462 e. The van der Waals surface area contributed by atoms with Crippen LogP contribution in [0.15, 0.2) is 66.4 Å². The molecule has 0 saturated heterocycles. The summed E-state index contributed by atoms with van der Waals surface area (Å²) >= 11 is 0. The van der Waals surface area contributed by atoms with Gasteiger partial charge in [-0.1, -0.05) is 60.7 Å². The molecule has 4 nitrogen and oxygen atoms in total. The highest BCUT2D eigenvalue weighted by molar-refractivity contribution is 5.62. The number of allylic oxidation sites excluding steroid dienone is 2. The van der Waals surface area contributed by atoms with E-state index < -0.39 is 5.72 Å². The quantitative estimate of drug-likeness (QED) is 0.714. The topological polar surface area (TPSA) is 39.9 Å². The Kier molecular flexibility index (Phi) is 3.27. The van der Waals surface area contributed by atoms with E-state index in [-0.39, 0.29) is 0 Å². The third-order valence-corrected chi connectivity index (χ3v) is 4.51. The molecule has 1 aliphatic heterocycles. The molecular weight excluding hydrogens is 298 g/mol. The molecule has 1 aliphatic rings. The van der Waals surface area contributed by atoms with E-state index in [2.05, 4.69) is 34.3 Å². The van der Waals surface area contributed by atoms with Crippen molar-refractivity contribution < 1.29 is 4.74 Å². The van der Waals surface area contributed by atoms with Crippen LogP contribution in [-0.4, -0.2) is 14.8 Å². The van der Waals surface area contributed by atoms with Gasteiger partial charge in [-0.05, 0) is 20.8 Å². The lowest BCUT2D eigenvalue weighted by atomic mass is 9.92. The molecule has 2 aromatic carbocycles. The molecule has 0 amide bonds. The average Bonchev–Trinajstić information content (AvgIpc) is 3.02. The van der Waals surface area contributed by atoms with Gasteiger partial charge in [-0.3, -0.25) is 0 Å². The summed E-state index contributed by atoms with van der Waals surface area (Å²) in [5.74, 6) is 2.45. The van der Waals surface area contributed by atoms with Crippen LogP contribution in [0, 0.1) is 6.92 Å². The number of rotatable bonds is 2. The van der Waals surface area contributed by atoms with Gasteiger partial charge in [0.25, 0.3) is 5.72 Å². The van der Waals surface area contributed by atoms with Crippen molar-refractivity contribution in [1.82, 2.24) is 14.8 Å². The lowest BCUT2D eigenvalue weighted by Gasteiger charge is -2.39. The number of benzene rings is 2. The molecule has 0 fully saturated rings. The molecule has 0 aliphatic carbocycles. The largest absolute Gasteiger partial charge is 0.462 e. The molecule has 2 heterocycles. The van der Waals surface area contributed by atoms with Gasteiger partial charge in [0.1, 0.15) is 11.6 Å². The van der Waals surface area contributed by atoms with Crippen molar-refractivity contribution >= 4 is 5.57 Å². The van der Waals surface area contributed by atoms with Gasteiger partial charge in [-0.2, -0.15) is 9.78 Å². The smallest absolute Gasteiger partial charge is 0.255 e. The number of aryl methyl sites for hydroxylation is 1. The van der Waals surface area contributed by atoms with E-state index in [4.69, 9.17) is 4.74 Å². The third kappa shape index (κ3) is 1.99. The number of ether oxygens (including phenoxy) is 1. The van der Waals surface area contributed by atoms with Crippen molar-refractivity contribution in [2.24, 2.45) is 0 Å². The van der Waals surface area contributed by atoms with Crippen molar-refractivity contribution in [2.45, 2.75) is 26.5 Å².